The van der Waals surface area contributed by atoms with Crippen LogP contribution >= 0.6 is 0 Å². The summed E-state index contributed by atoms with van der Waals surface area (Å²) in [6.07, 6.45) is -0.851. The Hall–Kier alpha value is -2.50. The van der Waals surface area contributed by atoms with Gasteiger partial charge in [-0.05, 0) is 36.6 Å². The Morgan fingerprint density at radius 2 is 1.48 bits per heavy atom. The summed E-state index contributed by atoms with van der Waals surface area (Å²) in [6.45, 7) is 2.08. The predicted molar refractivity (Wildman–Crippen MR) is 86.7 cm³/mol. The molecule has 0 spiro atoms. The molecule has 0 aromatic heterocycles. The third-order valence-electron chi connectivity index (χ3n) is 3.87. The summed E-state index contributed by atoms with van der Waals surface area (Å²) < 4.78 is 63.3. The average molecular weight is 352 g/mol. The lowest BCUT2D eigenvalue weighted by molar-refractivity contribution is -0.286. The van der Waals surface area contributed by atoms with Gasteiger partial charge in [0.05, 0.1) is 0 Å². The van der Waals surface area contributed by atoms with E-state index in [4.69, 9.17) is 0 Å². The number of ether oxygens (including phenoxy) is 2. The van der Waals surface area contributed by atoms with Crippen molar-refractivity contribution in [3.05, 3.63) is 59.2 Å². The number of hydrogen-bond donors (Lipinski definition) is 0. The van der Waals surface area contributed by atoms with E-state index < -0.39 is 17.9 Å². The zero-order valence-electron chi connectivity index (χ0n) is 13.5. The van der Waals surface area contributed by atoms with Crippen molar-refractivity contribution >= 4 is 11.7 Å². The highest BCUT2D eigenvalue weighted by Gasteiger charge is 2.43. The minimum Gasteiger partial charge on any atom is -0.395 e. The molecule has 25 heavy (non-hydrogen) atoms. The van der Waals surface area contributed by atoms with E-state index >= 15 is 0 Å². The molecular formula is C19H16F4O2. The minimum atomic E-state index is -3.80. The molecule has 0 unspecified atom stereocenters. The number of alkyl halides is 2. The number of unbranched alkanes of at least 4 members (excludes halogenated alkanes) is 1. The van der Waals surface area contributed by atoms with E-state index in [0.29, 0.717) is 0 Å². The first kappa shape index (κ1) is 17.3. The highest BCUT2D eigenvalue weighted by Crippen LogP contribution is 2.43. The fourth-order valence-electron chi connectivity index (χ4n) is 2.54. The maximum Gasteiger partial charge on any atom is 0.586 e. The fourth-order valence-corrected chi connectivity index (χ4v) is 2.54. The molecular weight excluding hydrogens is 336 g/mol. The van der Waals surface area contributed by atoms with Crippen LogP contribution in [0.3, 0.4) is 0 Å². The van der Waals surface area contributed by atoms with Gasteiger partial charge in [0.15, 0.2) is 23.2 Å². The van der Waals surface area contributed by atoms with E-state index in [2.05, 4.69) is 16.4 Å². The van der Waals surface area contributed by atoms with E-state index in [1.807, 2.05) is 0 Å². The van der Waals surface area contributed by atoms with Crippen LogP contribution in [0.25, 0.3) is 11.7 Å². The van der Waals surface area contributed by atoms with E-state index in [9.17, 15) is 17.6 Å². The Morgan fingerprint density at radius 1 is 0.880 bits per heavy atom. The van der Waals surface area contributed by atoms with Crippen molar-refractivity contribution in [1.82, 2.24) is 0 Å². The van der Waals surface area contributed by atoms with Gasteiger partial charge in [-0.2, -0.15) is 0 Å². The molecule has 0 aliphatic carbocycles. The van der Waals surface area contributed by atoms with Gasteiger partial charge < -0.3 is 9.47 Å². The van der Waals surface area contributed by atoms with Crippen molar-refractivity contribution in [1.29, 1.82) is 0 Å². The third-order valence-corrected chi connectivity index (χ3v) is 3.87. The number of aryl methyl sites for hydroxylation is 1. The first-order chi connectivity index (χ1) is 11.9. The second kappa shape index (κ2) is 6.78. The standard InChI is InChI=1S/C19H16F4O2/c1-2-3-4-12-5-7-13(8-6-12)17(20)18(21)14-9-10-15-16(11-14)25-19(22,23)24-15/h5-11H,2-4H2,1H3/b18-17+. The Kier molecular flexibility index (Phi) is 4.70. The normalized spacial score (nSPS) is 15.9. The van der Waals surface area contributed by atoms with Gasteiger partial charge >= 0.3 is 6.29 Å². The van der Waals surface area contributed by atoms with Crippen LogP contribution in [0.4, 0.5) is 17.6 Å². The molecule has 0 saturated heterocycles. The maximum absolute atomic E-state index is 14.4. The molecule has 1 aliphatic heterocycles. The Balaban J connectivity index is 1.85. The fraction of sp³-hybridized carbons (Fsp3) is 0.263. The molecule has 6 heteroatoms. The van der Waals surface area contributed by atoms with Gasteiger partial charge in [-0.25, -0.2) is 8.78 Å². The molecule has 132 valence electrons. The lowest BCUT2D eigenvalue weighted by Crippen LogP contribution is -2.25. The van der Waals surface area contributed by atoms with Gasteiger partial charge in [0.2, 0.25) is 0 Å². The van der Waals surface area contributed by atoms with Crippen LogP contribution in [-0.4, -0.2) is 6.29 Å². The van der Waals surface area contributed by atoms with E-state index in [1.165, 1.54) is 12.1 Å². The SMILES string of the molecule is CCCCc1ccc(/C(F)=C(\F)c2ccc3c(c2)OC(F)(F)O3)cc1. The van der Waals surface area contributed by atoms with Gasteiger partial charge in [0.25, 0.3) is 0 Å². The molecule has 3 rings (SSSR count). The van der Waals surface area contributed by atoms with Crippen LogP contribution in [0.15, 0.2) is 42.5 Å². The van der Waals surface area contributed by atoms with Gasteiger partial charge in [-0.3, -0.25) is 0 Å². The van der Waals surface area contributed by atoms with Crippen molar-refractivity contribution in [2.24, 2.45) is 0 Å². The van der Waals surface area contributed by atoms with Crippen LogP contribution in [0.5, 0.6) is 11.5 Å². The average Bonchev–Trinajstić information content (AvgIpc) is 2.92. The number of benzene rings is 2. The first-order valence-corrected chi connectivity index (χ1v) is 7.94. The molecule has 0 N–H and O–H groups in total. The number of fused-ring (bicyclic) bond motifs is 1. The number of halogens is 4. The lowest BCUT2D eigenvalue weighted by atomic mass is 10.0. The van der Waals surface area contributed by atoms with Gasteiger partial charge in [0, 0.05) is 11.1 Å². The van der Waals surface area contributed by atoms with Crippen LogP contribution in [0, 0.1) is 0 Å². The summed E-state index contributed by atoms with van der Waals surface area (Å²) in [4.78, 5) is 0. The topological polar surface area (TPSA) is 18.5 Å². The summed E-state index contributed by atoms with van der Waals surface area (Å²) in [5.74, 6) is -2.77. The van der Waals surface area contributed by atoms with Crippen LogP contribution in [0.2, 0.25) is 0 Å². The van der Waals surface area contributed by atoms with Gasteiger partial charge in [0.1, 0.15) is 0 Å². The summed E-state index contributed by atoms with van der Waals surface area (Å²) in [6, 6.07) is 9.76. The van der Waals surface area contributed by atoms with Crippen molar-refractivity contribution in [2.75, 3.05) is 0 Å². The van der Waals surface area contributed by atoms with E-state index in [1.54, 1.807) is 12.1 Å². The van der Waals surface area contributed by atoms with Crippen LogP contribution < -0.4 is 9.47 Å². The molecule has 2 aromatic rings. The Labute approximate surface area is 142 Å². The van der Waals surface area contributed by atoms with Crippen LogP contribution in [-0.2, 0) is 6.42 Å². The molecule has 0 radical (unpaired) electrons. The maximum atomic E-state index is 14.4. The molecule has 0 bridgehead atoms. The van der Waals surface area contributed by atoms with Crippen molar-refractivity contribution in [3.8, 4) is 11.5 Å². The molecule has 0 fully saturated rings. The third kappa shape index (κ3) is 3.78. The van der Waals surface area contributed by atoms with Gasteiger partial charge in [-0.15, -0.1) is 8.78 Å². The smallest absolute Gasteiger partial charge is 0.395 e. The number of rotatable bonds is 5. The first-order valence-electron chi connectivity index (χ1n) is 7.94. The summed E-state index contributed by atoms with van der Waals surface area (Å²) in [5.41, 5.74) is 0.928. The molecule has 0 atom stereocenters. The highest BCUT2D eigenvalue weighted by atomic mass is 19.3. The molecule has 0 saturated carbocycles. The highest BCUT2D eigenvalue weighted by molar-refractivity contribution is 5.83. The molecule has 2 aromatic carbocycles. The van der Waals surface area contributed by atoms with E-state index in [-0.39, 0.29) is 22.6 Å². The molecule has 1 heterocycles. The van der Waals surface area contributed by atoms with Crippen molar-refractivity contribution in [3.63, 3.8) is 0 Å². The summed E-state index contributed by atoms with van der Waals surface area (Å²) in [7, 11) is 0. The quantitative estimate of drug-likeness (QED) is 0.477. The largest absolute Gasteiger partial charge is 0.586 e. The van der Waals surface area contributed by atoms with Crippen LogP contribution in [0.1, 0.15) is 36.5 Å². The molecule has 2 nitrogen and oxygen atoms in total. The molecule has 0 amide bonds. The Bertz CT molecular complexity index is 798. The zero-order valence-corrected chi connectivity index (χ0v) is 13.5. The lowest BCUT2D eigenvalue weighted by Gasteiger charge is -2.05. The predicted octanol–water partition coefficient (Wildman–Crippen LogP) is 6.12. The summed E-state index contributed by atoms with van der Waals surface area (Å²) in [5, 5.41) is 0. The van der Waals surface area contributed by atoms with E-state index in [0.717, 1.165) is 43.0 Å². The van der Waals surface area contributed by atoms with Crippen molar-refractivity contribution in [2.45, 2.75) is 32.5 Å². The Morgan fingerprint density at radius 3 is 2.16 bits per heavy atom. The monoisotopic (exact) mass is 352 g/mol. The molecule has 1 aliphatic rings. The number of hydrogen-bond acceptors (Lipinski definition) is 2. The minimum absolute atomic E-state index is 0.0840. The van der Waals surface area contributed by atoms with Gasteiger partial charge in [-0.1, -0.05) is 37.6 Å². The summed E-state index contributed by atoms with van der Waals surface area (Å²) >= 11 is 0. The van der Waals surface area contributed by atoms with Crippen molar-refractivity contribution < 1.29 is 27.0 Å². The zero-order chi connectivity index (χ0) is 18.0. The second-order valence-electron chi connectivity index (χ2n) is 5.76. The second-order valence-corrected chi connectivity index (χ2v) is 5.76.